The molecule has 0 bridgehead atoms. The Kier molecular flexibility index (Phi) is 5.36. The van der Waals surface area contributed by atoms with Crippen LogP contribution in [0.3, 0.4) is 0 Å². The van der Waals surface area contributed by atoms with Gasteiger partial charge in [0, 0.05) is 11.8 Å². The highest BCUT2D eigenvalue weighted by Gasteiger charge is 2.71. The van der Waals surface area contributed by atoms with Crippen molar-refractivity contribution in [2.75, 3.05) is 0 Å². The second kappa shape index (κ2) is 7.34. The molecular formula is C30H48O4. The van der Waals surface area contributed by atoms with E-state index in [-0.39, 0.29) is 33.5 Å². The van der Waals surface area contributed by atoms with Crippen LogP contribution in [0, 0.1) is 56.7 Å². The van der Waals surface area contributed by atoms with E-state index in [4.69, 9.17) is 0 Å². The lowest BCUT2D eigenvalue weighted by molar-refractivity contribution is -0.244. The van der Waals surface area contributed by atoms with Crippen LogP contribution in [0.2, 0.25) is 0 Å². The van der Waals surface area contributed by atoms with E-state index in [1.807, 2.05) is 0 Å². The van der Waals surface area contributed by atoms with E-state index in [9.17, 15) is 20.1 Å². The third kappa shape index (κ3) is 2.71. The fourth-order valence-corrected chi connectivity index (χ4v) is 10.8. The van der Waals surface area contributed by atoms with Crippen molar-refractivity contribution >= 4 is 5.97 Å². The summed E-state index contributed by atoms with van der Waals surface area (Å²) >= 11 is 0. The normalized spacial score (nSPS) is 56.3. The Morgan fingerprint density at radius 2 is 1.59 bits per heavy atom. The summed E-state index contributed by atoms with van der Waals surface area (Å²) in [7, 11) is 0. The van der Waals surface area contributed by atoms with Gasteiger partial charge in [-0.1, -0.05) is 60.1 Å². The minimum atomic E-state index is -0.613. The highest BCUT2D eigenvalue weighted by Crippen LogP contribution is 2.75. The molecule has 34 heavy (non-hydrogen) atoms. The summed E-state index contributed by atoms with van der Waals surface area (Å²) < 4.78 is 0. The van der Waals surface area contributed by atoms with Crippen LogP contribution in [-0.2, 0) is 4.79 Å². The molecule has 4 fully saturated rings. The minimum absolute atomic E-state index is 0.0206. The number of aliphatic carboxylic acids is 1. The van der Waals surface area contributed by atoms with E-state index in [2.05, 4.69) is 54.5 Å². The molecule has 4 saturated carbocycles. The van der Waals surface area contributed by atoms with Crippen molar-refractivity contribution in [3.63, 3.8) is 0 Å². The van der Waals surface area contributed by atoms with Crippen molar-refractivity contribution in [2.45, 2.75) is 112 Å². The molecule has 3 N–H and O–H groups in total. The fraction of sp³-hybridized carbons (Fsp3) is 0.900. The van der Waals surface area contributed by atoms with Gasteiger partial charge in [-0.2, -0.15) is 0 Å². The van der Waals surface area contributed by atoms with Crippen molar-refractivity contribution in [1.29, 1.82) is 0 Å². The third-order valence-corrected chi connectivity index (χ3v) is 13.5. The SMILES string of the molecule is C[C@H]1[C@H](C)CC[C@]2(C(=O)O)CC[C@]3(C)C(=CC[C@@H]4[C@@]5(C)[C@H](O)C[C@H](O)C(C)(C)[C@@H]5CC[C@]43C)[C@H]12. The number of carbonyl (C=O) groups is 1. The molecule has 0 unspecified atom stereocenters. The Balaban J connectivity index is 1.63. The van der Waals surface area contributed by atoms with Crippen LogP contribution in [0.5, 0.6) is 0 Å². The average Bonchev–Trinajstić information content (AvgIpc) is 2.75. The first-order chi connectivity index (χ1) is 15.7. The molecule has 5 rings (SSSR count). The molecule has 0 aromatic rings. The van der Waals surface area contributed by atoms with Gasteiger partial charge in [0.2, 0.25) is 0 Å². The lowest BCUT2D eigenvalue weighted by Gasteiger charge is -2.72. The lowest BCUT2D eigenvalue weighted by atomic mass is 9.33. The molecule has 0 aliphatic heterocycles. The van der Waals surface area contributed by atoms with Crippen LogP contribution in [0.15, 0.2) is 11.6 Å². The van der Waals surface area contributed by atoms with Crippen LogP contribution in [0.4, 0.5) is 0 Å². The summed E-state index contributed by atoms with van der Waals surface area (Å²) in [4.78, 5) is 12.8. The van der Waals surface area contributed by atoms with E-state index < -0.39 is 23.6 Å². The fourth-order valence-electron chi connectivity index (χ4n) is 10.8. The number of aliphatic hydroxyl groups is 2. The van der Waals surface area contributed by atoms with Gasteiger partial charge in [0.25, 0.3) is 0 Å². The monoisotopic (exact) mass is 472 g/mol. The quantitative estimate of drug-likeness (QED) is 0.405. The molecule has 0 spiro atoms. The van der Waals surface area contributed by atoms with Crippen molar-refractivity contribution in [3.05, 3.63) is 11.6 Å². The predicted octanol–water partition coefficient (Wildman–Crippen LogP) is 6.06. The zero-order chi connectivity index (χ0) is 25.1. The molecule has 0 aromatic heterocycles. The molecule has 192 valence electrons. The molecule has 4 heteroatoms. The van der Waals surface area contributed by atoms with Crippen LogP contribution in [0.1, 0.15) is 99.8 Å². The van der Waals surface area contributed by atoms with Gasteiger partial charge >= 0.3 is 5.97 Å². The highest BCUT2D eigenvalue weighted by molar-refractivity contribution is 5.76. The topological polar surface area (TPSA) is 77.8 Å². The Labute approximate surface area is 206 Å². The minimum Gasteiger partial charge on any atom is -0.481 e. The Morgan fingerprint density at radius 3 is 2.24 bits per heavy atom. The second-order valence-electron chi connectivity index (χ2n) is 14.6. The van der Waals surface area contributed by atoms with Crippen molar-refractivity contribution < 1.29 is 20.1 Å². The van der Waals surface area contributed by atoms with Crippen molar-refractivity contribution in [2.24, 2.45) is 56.7 Å². The van der Waals surface area contributed by atoms with Crippen molar-refractivity contribution in [1.82, 2.24) is 0 Å². The lowest BCUT2D eigenvalue weighted by Crippen LogP contribution is -2.68. The molecule has 5 aliphatic carbocycles. The molecule has 0 radical (unpaired) electrons. The Morgan fingerprint density at radius 1 is 0.912 bits per heavy atom. The maximum absolute atomic E-state index is 12.8. The molecule has 4 nitrogen and oxygen atoms in total. The Hall–Kier alpha value is -0.870. The number of rotatable bonds is 1. The van der Waals surface area contributed by atoms with E-state index >= 15 is 0 Å². The van der Waals surface area contributed by atoms with Gasteiger partial charge < -0.3 is 15.3 Å². The van der Waals surface area contributed by atoms with Gasteiger partial charge in [0.1, 0.15) is 0 Å². The number of fused-ring (bicyclic) bond motifs is 7. The number of hydrogen-bond donors (Lipinski definition) is 3. The molecule has 0 aromatic carbocycles. The second-order valence-corrected chi connectivity index (χ2v) is 14.6. The molecule has 0 heterocycles. The summed E-state index contributed by atoms with van der Waals surface area (Å²) in [5.41, 5.74) is 0.348. The standard InChI is InChI=1S/C30H48O4/c1-17-10-13-30(25(33)34)15-14-27(5)19(24(30)18(17)2)8-9-21-28(27,6)12-11-20-26(3,4)22(31)16-23(32)29(20,21)7/h8,17-18,20-24,31-32H,9-16H2,1-7H3,(H,33,34)/t17-,18+,20+,21+,22+,23-,24+,27-,28-,29+,30+/m1/s1. The first kappa shape index (κ1) is 24.8. The zero-order valence-electron chi connectivity index (χ0n) is 22.5. The molecule has 0 saturated heterocycles. The maximum Gasteiger partial charge on any atom is 0.310 e. The van der Waals surface area contributed by atoms with Gasteiger partial charge in [0.05, 0.1) is 17.6 Å². The average molecular weight is 473 g/mol. The smallest absolute Gasteiger partial charge is 0.310 e. The third-order valence-electron chi connectivity index (χ3n) is 13.5. The summed E-state index contributed by atoms with van der Waals surface area (Å²) in [6.45, 7) is 16.3. The largest absolute Gasteiger partial charge is 0.481 e. The van der Waals surface area contributed by atoms with E-state index in [0.29, 0.717) is 24.2 Å². The van der Waals surface area contributed by atoms with Crippen molar-refractivity contribution in [3.8, 4) is 0 Å². The first-order valence-electron chi connectivity index (χ1n) is 14.0. The number of hydrogen-bond acceptors (Lipinski definition) is 3. The van der Waals surface area contributed by atoms with Gasteiger partial charge in [0.15, 0.2) is 0 Å². The summed E-state index contributed by atoms with van der Waals surface area (Å²) in [6, 6.07) is 0. The molecule has 11 atom stereocenters. The Bertz CT molecular complexity index is 907. The van der Waals surface area contributed by atoms with Gasteiger partial charge in [-0.25, -0.2) is 0 Å². The summed E-state index contributed by atoms with van der Waals surface area (Å²) in [5, 5.41) is 32.9. The van der Waals surface area contributed by atoms with Gasteiger partial charge in [-0.15, -0.1) is 0 Å². The number of carboxylic acids is 1. The number of aliphatic hydroxyl groups excluding tert-OH is 2. The number of allylic oxidation sites excluding steroid dienone is 2. The van der Waals surface area contributed by atoms with E-state index in [1.54, 1.807) is 0 Å². The summed E-state index contributed by atoms with van der Waals surface area (Å²) in [6.07, 6.45) is 8.49. The van der Waals surface area contributed by atoms with Gasteiger partial charge in [-0.3, -0.25) is 4.79 Å². The van der Waals surface area contributed by atoms with E-state index in [1.165, 1.54) is 5.57 Å². The maximum atomic E-state index is 12.8. The number of carboxylic acid groups (broad SMARTS) is 1. The zero-order valence-corrected chi connectivity index (χ0v) is 22.5. The van der Waals surface area contributed by atoms with Crippen LogP contribution < -0.4 is 0 Å². The summed E-state index contributed by atoms with van der Waals surface area (Å²) in [5.74, 6) is 1.07. The van der Waals surface area contributed by atoms with Crippen LogP contribution in [0.25, 0.3) is 0 Å². The first-order valence-corrected chi connectivity index (χ1v) is 14.0. The molecule has 5 aliphatic rings. The predicted molar refractivity (Wildman–Crippen MR) is 134 cm³/mol. The van der Waals surface area contributed by atoms with Gasteiger partial charge in [-0.05, 0) is 90.8 Å². The molecular weight excluding hydrogens is 424 g/mol. The highest BCUT2D eigenvalue weighted by atomic mass is 16.4. The van der Waals surface area contributed by atoms with E-state index in [0.717, 1.165) is 44.9 Å². The van der Waals surface area contributed by atoms with Crippen LogP contribution >= 0.6 is 0 Å². The van der Waals surface area contributed by atoms with Crippen LogP contribution in [-0.4, -0.2) is 33.5 Å². The molecule has 0 amide bonds.